The smallest absolute Gasteiger partial charge is 0.322 e. The number of aromatic nitrogens is 4. The molecule has 4 aromatic rings. The van der Waals surface area contributed by atoms with Gasteiger partial charge in [0.15, 0.2) is 0 Å². The van der Waals surface area contributed by atoms with Gasteiger partial charge in [-0.05, 0) is 61.6 Å². The van der Waals surface area contributed by atoms with Crippen LogP contribution in [0.25, 0.3) is 11.0 Å². The Morgan fingerprint density at radius 3 is 2.70 bits per heavy atom. The second-order valence-corrected chi connectivity index (χ2v) is 9.47. The number of rotatable bonds is 5. The van der Waals surface area contributed by atoms with Crippen molar-refractivity contribution < 1.29 is 14.3 Å². The van der Waals surface area contributed by atoms with Gasteiger partial charge in [-0.15, -0.1) is 0 Å². The summed E-state index contributed by atoms with van der Waals surface area (Å²) in [5.74, 6) is 2.82. The van der Waals surface area contributed by atoms with Crippen molar-refractivity contribution in [2.24, 2.45) is 0 Å². The van der Waals surface area contributed by atoms with Crippen molar-refractivity contribution in [1.29, 1.82) is 0 Å². The minimum atomic E-state index is -0.0374. The monoisotopic (exact) mass is 499 g/mol. The van der Waals surface area contributed by atoms with Crippen molar-refractivity contribution in [1.82, 2.24) is 24.8 Å². The van der Waals surface area contributed by atoms with E-state index in [9.17, 15) is 4.79 Å². The Balaban J connectivity index is 1.10. The van der Waals surface area contributed by atoms with Crippen LogP contribution in [0.1, 0.15) is 24.0 Å². The number of methoxy groups -OCH3 is 1. The van der Waals surface area contributed by atoms with Gasteiger partial charge in [0.25, 0.3) is 0 Å². The second-order valence-electron chi connectivity index (χ2n) is 9.47. The molecule has 190 valence electrons. The Morgan fingerprint density at radius 2 is 1.86 bits per heavy atom. The molecule has 0 radical (unpaired) electrons. The number of benzene rings is 2. The summed E-state index contributed by atoms with van der Waals surface area (Å²) in [5.41, 5.74) is 4.85. The van der Waals surface area contributed by atoms with Crippen molar-refractivity contribution in [3.8, 4) is 17.4 Å². The van der Waals surface area contributed by atoms with Crippen molar-refractivity contribution in [3.05, 3.63) is 60.2 Å². The minimum absolute atomic E-state index is 0.0374. The van der Waals surface area contributed by atoms with Crippen LogP contribution in [0.3, 0.4) is 0 Å². The van der Waals surface area contributed by atoms with Crippen LogP contribution in [0, 0.1) is 6.92 Å². The molecule has 0 atom stereocenters. The molecule has 1 fully saturated rings. The summed E-state index contributed by atoms with van der Waals surface area (Å²) in [4.78, 5) is 33.5. The topological polar surface area (TPSA) is 108 Å². The number of amides is 2. The molecule has 2 amide bonds. The lowest BCUT2D eigenvalue weighted by Crippen LogP contribution is -2.49. The van der Waals surface area contributed by atoms with Crippen LogP contribution in [0.15, 0.2) is 49.1 Å². The van der Waals surface area contributed by atoms with Crippen LogP contribution in [-0.4, -0.2) is 63.7 Å². The average Bonchev–Trinajstić information content (AvgIpc) is 3.33. The number of aryl methyl sites for hydroxylation is 1. The molecule has 2 N–H and O–H groups in total. The number of piperidine rings is 1. The summed E-state index contributed by atoms with van der Waals surface area (Å²) in [6, 6.07) is 11.7. The van der Waals surface area contributed by atoms with Crippen molar-refractivity contribution in [2.45, 2.75) is 32.2 Å². The van der Waals surface area contributed by atoms with Crippen molar-refractivity contribution in [2.75, 3.05) is 37.0 Å². The molecule has 0 saturated carbocycles. The third kappa shape index (κ3) is 4.62. The lowest BCUT2D eigenvalue weighted by molar-refractivity contribution is 0.177. The van der Waals surface area contributed by atoms with E-state index in [1.165, 1.54) is 6.33 Å². The number of hydrogen-bond acceptors (Lipinski definition) is 7. The molecule has 10 heteroatoms. The number of nitrogens with zero attached hydrogens (tertiary/aromatic N) is 5. The number of imidazole rings is 1. The Labute approximate surface area is 214 Å². The molecular weight excluding hydrogens is 470 g/mol. The number of aromatic amines is 1. The molecule has 0 aliphatic carbocycles. The van der Waals surface area contributed by atoms with E-state index >= 15 is 0 Å². The number of hydrogen-bond donors (Lipinski definition) is 2. The minimum Gasteiger partial charge on any atom is -0.497 e. The Hall–Kier alpha value is -4.34. The fourth-order valence-corrected chi connectivity index (χ4v) is 5.24. The van der Waals surface area contributed by atoms with Gasteiger partial charge in [-0.2, -0.15) is 0 Å². The van der Waals surface area contributed by atoms with E-state index in [1.807, 2.05) is 48.2 Å². The van der Waals surface area contributed by atoms with Gasteiger partial charge in [0.05, 0.1) is 24.5 Å². The largest absolute Gasteiger partial charge is 0.497 e. The predicted octanol–water partition coefficient (Wildman–Crippen LogP) is 4.52. The number of anilines is 2. The molecule has 0 unspecified atom stereocenters. The number of carbonyl (C=O) groups excluding carboxylic acids is 1. The van der Waals surface area contributed by atoms with Crippen molar-refractivity contribution >= 4 is 28.6 Å². The summed E-state index contributed by atoms with van der Waals surface area (Å²) in [6.07, 6.45) is 5.74. The van der Waals surface area contributed by atoms with Crippen LogP contribution >= 0.6 is 0 Å². The predicted molar refractivity (Wildman–Crippen MR) is 141 cm³/mol. The summed E-state index contributed by atoms with van der Waals surface area (Å²) in [7, 11) is 1.66. The molecule has 2 aliphatic heterocycles. The van der Waals surface area contributed by atoms with Gasteiger partial charge in [0, 0.05) is 43.5 Å². The third-order valence-electron chi connectivity index (χ3n) is 7.20. The van der Waals surface area contributed by atoms with E-state index in [0.29, 0.717) is 18.2 Å². The summed E-state index contributed by atoms with van der Waals surface area (Å²) >= 11 is 0. The first-order valence-electron chi connectivity index (χ1n) is 12.5. The molecule has 2 aromatic heterocycles. The summed E-state index contributed by atoms with van der Waals surface area (Å²) < 4.78 is 11.4. The molecule has 4 heterocycles. The van der Waals surface area contributed by atoms with Crippen molar-refractivity contribution in [3.63, 3.8) is 0 Å². The number of fused-ring (bicyclic) bond motifs is 2. The molecule has 6 rings (SSSR count). The standard InChI is InChI=1S/C27H29N7O3/c1-17-11-21(13-23-26(17)31-15-28-23)37-25-14-24(29-16-30-25)33-8-6-19(7-9-33)34-10-5-18-12-20(36-2)3-4-22(18)32-27(34)35/h3-4,11-16,19H,5-10H2,1-2H3,(H,28,31)(H,32,35). The zero-order chi connectivity index (χ0) is 25.4. The number of H-pyrrole nitrogens is 1. The Bertz CT molecular complexity index is 1450. The molecule has 0 bridgehead atoms. The highest BCUT2D eigenvalue weighted by Crippen LogP contribution is 2.30. The zero-order valence-corrected chi connectivity index (χ0v) is 20.9. The molecule has 10 nitrogen and oxygen atoms in total. The van der Waals surface area contributed by atoms with Gasteiger partial charge in [0.1, 0.15) is 23.6 Å². The van der Waals surface area contributed by atoms with Gasteiger partial charge < -0.3 is 29.6 Å². The molecule has 1 saturated heterocycles. The first kappa shape index (κ1) is 23.1. The molecule has 0 spiro atoms. The van der Waals surface area contributed by atoms with Gasteiger partial charge in [0.2, 0.25) is 5.88 Å². The molecule has 2 aliphatic rings. The van der Waals surface area contributed by atoms with E-state index < -0.39 is 0 Å². The van der Waals surface area contributed by atoms with E-state index in [-0.39, 0.29) is 12.1 Å². The van der Waals surface area contributed by atoms with Crippen LogP contribution < -0.4 is 19.7 Å². The highest BCUT2D eigenvalue weighted by Gasteiger charge is 2.30. The highest BCUT2D eigenvalue weighted by atomic mass is 16.5. The fourth-order valence-electron chi connectivity index (χ4n) is 5.24. The molecule has 2 aromatic carbocycles. The fraction of sp³-hybridized carbons (Fsp3) is 0.333. The molecular formula is C27H29N7O3. The molecule has 37 heavy (non-hydrogen) atoms. The second kappa shape index (κ2) is 9.61. The van der Waals surface area contributed by atoms with Gasteiger partial charge in [-0.1, -0.05) is 0 Å². The number of urea groups is 1. The SMILES string of the molecule is COc1ccc2c(c1)CCN(C1CCN(c3cc(Oc4cc(C)c5nc[nH]c5c4)ncn3)CC1)C(=O)N2. The lowest BCUT2D eigenvalue weighted by Gasteiger charge is -2.38. The van der Waals surface area contributed by atoms with Crippen LogP contribution in [-0.2, 0) is 6.42 Å². The number of carbonyl (C=O) groups is 1. The summed E-state index contributed by atoms with van der Waals surface area (Å²) in [6.45, 7) is 4.28. The van der Waals surface area contributed by atoms with E-state index in [0.717, 1.165) is 71.8 Å². The Morgan fingerprint density at radius 1 is 1.00 bits per heavy atom. The lowest BCUT2D eigenvalue weighted by atomic mass is 10.0. The normalized spacial score (nSPS) is 16.3. The maximum atomic E-state index is 13.0. The zero-order valence-electron chi connectivity index (χ0n) is 20.9. The highest BCUT2D eigenvalue weighted by molar-refractivity contribution is 5.91. The quantitative estimate of drug-likeness (QED) is 0.416. The van der Waals surface area contributed by atoms with Crippen LogP contribution in [0.4, 0.5) is 16.3 Å². The Kier molecular flexibility index (Phi) is 5.99. The van der Waals surface area contributed by atoms with E-state index in [2.05, 4.69) is 30.2 Å². The van der Waals surface area contributed by atoms with Gasteiger partial charge in [-0.3, -0.25) is 0 Å². The van der Waals surface area contributed by atoms with E-state index in [4.69, 9.17) is 9.47 Å². The van der Waals surface area contributed by atoms with Gasteiger partial charge in [-0.25, -0.2) is 19.7 Å². The first-order valence-corrected chi connectivity index (χ1v) is 12.5. The first-order chi connectivity index (χ1) is 18.1. The van der Waals surface area contributed by atoms with E-state index in [1.54, 1.807) is 13.4 Å². The van der Waals surface area contributed by atoms with Gasteiger partial charge >= 0.3 is 6.03 Å². The third-order valence-corrected chi connectivity index (χ3v) is 7.20. The van der Waals surface area contributed by atoms with Crippen LogP contribution in [0.2, 0.25) is 0 Å². The maximum absolute atomic E-state index is 13.0. The van der Waals surface area contributed by atoms with Crippen LogP contribution in [0.5, 0.6) is 17.4 Å². The number of nitrogens with one attached hydrogen (secondary N) is 2. The average molecular weight is 500 g/mol. The number of ether oxygens (including phenoxy) is 2. The maximum Gasteiger partial charge on any atom is 0.322 e. The summed E-state index contributed by atoms with van der Waals surface area (Å²) in [5, 5.41) is 3.08.